The van der Waals surface area contributed by atoms with Crippen LogP contribution >= 0.6 is 0 Å². The number of nitrogens with zero attached hydrogens (tertiary/aromatic N) is 1. The minimum Gasteiger partial charge on any atom is -0.399 e. The standard InChI is InChI=1S/C15H14N2/c1-2-15-10-7-13(11-17-15)4-3-12-5-8-14(16)9-6-12/h1,5-11H,3-4,16H2. The van der Waals surface area contributed by atoms with Gasteiger partial charge in [0.15, 0.2) is 0 Å². The molecule has 2 rings (SSSR count). The molecule has 2 nitrogen and oxygen atoms in total. The monoisotopic (exact) mass is 222 g/mol. The fourth-order valence-corrected chi connectivity index (χ4v) is 1.63. The highest BCUT2D eigenvalue weighted by molar-refractivity contribution is 5.39. The predicted octanol–water partition coefficient (Wildman–Crippen LogP) is 2.43. The Hall–Kier alpha value is -2.27. The van der Waals surface area contributed by atoms with Crippen LogP contribution in [-0.4, -0.2) is 4.98 Å². The van der Waals surface area contributed by atoms with Gasteiger partial charge in [-0.15, -0.1) is 6.42 Å². The zero-order chi connectivity index (χ0) is 12.1. The first-order valence-corrected chi connectivity index (χ1v) is 5.54. The highest BCUT2D eigenvalue weighted by atomic mass is 14.7. The number of benzene rings is 1. The molecule has 2 heteroatoms. The highest BCUT2D eigenvalue weighted by Gasteiger charge is 1.97. The number of pyridine rings is 1. The van der Waals surface area contributed by atoms with Gasteiger partial charge in [0.25, 0.3) is 0 Å². The second-order valence-corrected chi connectivity index (χ2v) is 3.94. The van der Waals surface area contributed by atoms with E-state index >= 15 is 0 Å². The lowest BCUT2D eigenvalue weighted by Gasteiger charge is -2.02. The Morgan fingerprint density at radius 3 is 2.24 bits per heavy atom. The first-order valence-electron chi connectivity index (χ1n) is 5.54. The minimum atomic E-state index is 0.682. The Morgan fingerprint density at radius 2 is 1.65 bits per heavy atom. The molecule has 0 amide bonds. The zero-order valence-corrected chi connectivity index (χ0v) is 9.56. The maximum absolute atomic E-state index is 5.64. The quantitative estimate of drug-likeness (QED) is 0.640. The average Bonchev–Trinajstić information content (AvgIpc) is 2.39. The van der Waals surface area contributed by atoms with Gasteiger partial charge in [-0.3, -0.25) is 0 Å². The molecule has 0 bridgehead atoms. The summed E-state index contributed by atoms with van der Waals surface area (Å²) in [4.78, 5) is 4.17. The third-order valence-corrected chi connectivity index (χ3v) is 2.65. The van der Waals surface area contributed by atoms with Crippen molar-refractivity contribution in [2.75, 3.05) is 5.73 Å². The molecule has 0 fully saturated rings. The number of hydrogen-bond donors (Lipinski definition) is 1. The maximum atomic E-state index is 5.64. The molecule has 84 valence electrons. The molecule has 1 aromatic heterocycles. The fourth-order valence-electron chi connectivity index (χ4n) is 1.63. The smallest absolute Gasteiger partial charge is 0.112 e. The van der Waals surface area contributed by atoms with Gasteiger partial charge >= 0.3 is 0 Å². The number of rotatable bonds is 3. The Morgan fingerprint density at radius 1 is 1.00 bits per heavy atom. The topological polar surface area (TPSA) is 38.9 Å². The third-order valence-electron chi connectivity index (χ3n) is 2.65. The van der Waals surface area contributed by atoms with Crippen LogP contribution in [0.1, 0.15) is 16.8 Å². The zero-order valence-electron chi connectivity index (χ0n) is 9.56. The molecule has 0 aliphatic rings. The first-order chi connectivity index (χ1) is 8.28. The van der Waals surface area contributed by atoms with Crippen molar-refractivity contribution < 1.29 is 0 Å². The normalized spacial score (nSPS) is 9.82. The van der Waals surface area contributed by atoms with Crippen LogP contribution in [0.3, 0.4) is 0 Å². The van der Waals surface area contributed by atoms with Crippen molar-refractivity contribution in [3.8, 4) is 12.3 Å². The number of hydrogen-bond acceptors (Lipinski definition) is 2. The fraction of sp³-hybridized carbons (Fsp3) is 0.133. The maximum Gasteiger partial charge on any atom is 0.112 e. The summed E-state index contributed by atoms with van der Waals surface area (Å²) < 4.78 is 0. The lowest BCUT2D eigenvalue weighted by atomic mass is 10.1. The average molecular weight is 222 g/mol. The van der Waals surface area contributed by atoms with E-state index < -0.39 is 0 Å². The summed E-state index contributed by atoms with van der Waals surface area (Å²) in [5.74, 6) is 2.51. The van der Waals surface area contributed by atoms with E-state index in [0.717, 1.165) is 18.5 Å². The molecule has 2 aromatic rings. The van der Waals surface area contributed by atoms with Gasteiger partial charge in [-0.1, -0.05) is 24.1 Å². The summed E-state index contributed by atoms with van der Waals surface area (Å²) in [5.41, 5.74) is 9.59. The summed E-state index contributed by atoms with van der Waals surface area (Å²) >= 11 is 0. The van der Waals surface area contributed by atoms with Crippen LogP contribution in [0.2, 0.25) is 0 Å². The molecule has 0 spiro atoms. The van der Waals surface area contributed by atoms with Gasteiger partial charge in [0.05, 0.1) is 0 Å². The van der Waals surface area contributed by atoms with E-state index in [1.54, 1.807) is 0 Å². The van der Waals surface area contributed by atoms with Crippen molar-refractivity contribution in [2.24, 2.45) is 0 Å². The number of nitrogen functional groups attached to an aromatic ring is 1. The van der Waals surface area contributed by atoms with Crippen LogP contribution in [0.4, 0.5) is 5.69 Å². The molecule has 0 aliphatic carbocycles. The minimum absolute atomic E-state index is 0.682. The Kier molecular flexibility index (Phi) is 3.42. The highest BCUT2D eigenvalue weighted by Crippen LogP contribution is 2.09. The van der Waals surface area contributed by atoms with E-state index in [2.05, 4.69) is 23.0 Å². The molecule has 0 atom stereocenters. The molecule has 0 radical (unpaired) electrons. The van der Waals surface area contributed by atoms with E-state index in [9.17, 15) is 0 Å². The second kappa shape index (κ2) is 5.18. The van der Waals surface area contributed by atoms with Crippen LogP contribution < -0.4 is 5.73 Å². The van der Waals surface area contributed by atoms with Crippen molar-refractivity contribution in [3.05, 3.63) is 59.4 Å². The SMILES string of the molecule is C#Cc1ccc(CCc2ccc(N)cc2)cn1. The molecule has 0 saturated heterocycles. The van der Waals surface area contributed by atoms with Gasteiger partial charge in [0, 0.05) is 11.9 Å². The van der Waals surface area contributed by atoms with Gasteiger partial charge in [-0.25, -0.2) is 4.98 Å². The molecule has 0 unspecified atom stereocenters. The largest absolute Gasteiger partial charge is 0.399 e. The third kappa shape index (κ3) is 3.09. The van der Waals surface area contributed by atoms with E-state index in [1.807, 2.05) is 30.5 Å². The molecule has 2 N–H and O–H groups in total. The van der Waals surface area contributed by atoms with E-state index in [0.29, 0.717) is 5.69 Å². The number of aryl methyl sites for hydroxylation is 2. The Balaban J connectivity index is 1.98. The van der Waals surface area contributed by atoms with E-state index in [-0.39, 0.29) is 0 Å². The molecule has 1 aromatic carbocycles. The Bertz CT molecular complexity index is 518. The molecule has 0 saturated carbocycles. The van der Waals surface area contributed by atoms with Crippen molar-refractivity contribution in [1.82, 2.24) is 4.98 Å². The van der Waals surface area contributed by atoms with Crippen LogP contribution in [0.25, 0.3) is 0 Å². The molecule has 0 aliphatic heterocycles. The van der Waals surface area contributed by atoms with Crippen LogP contribution in [-0.2, 0) is 12.8 Å². The van der Waals surface area contributed by atoms with Crippen LogP contribution in [0, 0.1) is 12.3 Å². The number of aromatic nitrogens is 1. The number of nitrogens with two attached hydrogens (primary N) is 1. The molecular formula is C15H14N2. The van der Waals surface area contributed by atoms with Crippen molar-refractivity contribution in [3.63, 3.8) is 0 Å². The van der Waals surface area contributed by atoms with Gasteiger partial charge in [0.1, 0.15) is 5.69 Å². The van der Waals surface area contributed by atoms with Crippen molar-refractivity contribution >= 4 is 5.69 Å². The number of terminal acetylenes is 1. The second-order valence-electron chi connectivity index (χ2n) is 3.94. The van der Waals surface area contributed by atoms with Crippen LogP contribution in [0.15, 0.2) is 42.6 Å². The summed E-state index contributed by atoms with van der Waals surface area (Å²) in [6, 6.07) is 11.9. The lowest BCUT2D eigenvalue weighted by molar-refractivity contribution is 0.949. The summed E-state index contributed by atoms with van der Waals surface area (Å²) in [7, 11) is 0. The van der Waals surface area contributed by atoms with Crippen molar-refractivity contribution in [2.45, 2.75) is 12.8 Å². The van der Waals surface area contributed by atoms with E-state index in [1.165, 1.54) is 11.1 Å². The first kappa shape index (κ1) is 11.2. The van der Waals surface area contributed by atoms with Gasteiger partial charge in [-0.2, -0.15) is 0 Å². The summed E-state index contributed by atoms with van der Waals surface area (Å²) in [6.07, 6.45) is 9.04. The van der Waals surface area contributed by atoms with Crippen molar-refractivity contribution in [1.29, 1.82) is 0 Å². The van der Waals surface area contributed by atoms with Gasteiger partial charge in [-0.05, 0) is 42.2 Å². The summed E-state index contributed by atoms with van der Waals surface area (Å²) in [5, 5.41) is 0. The molecule has 17 heavy (non-hydrogen) atoms. The predicted molar refractivity (Wildman–Crippen MR) is 70.4 cm³/mol. The Labute approximate surface area is 102 Å². The molecular weight excluding hydrogens is 208 g/mol. The van der Waals surface area contributed by atoms with E-state index in [4.69, 9.17) is 12.2 Å². The lowest BCUT2D eigenvalue weighted by Crippen LogP contribution is -1.93. The van der Waals surface area contributed by atoms with Crippen LogP contribution in [0.5, 0.6) is 0 Å². The summed E-state index contributed by atoms with van der Waals surface area (Å²) in [6.45, 7) is 0. The number of anilines is 1. The molecule has 1 heterocycles. The van der Waals surface area contributed by atoms with Gasteiger partial charge in [0.2, 0.25) is 0 Å². The van der Waals surface area contributed by atoms with Gasteiger partial charge < -0.3 is 5.73 Å².